The van der Waals surface area contributed by atoms with Crippen LogP contribution in [0.15, 0.2) is 34.6 Å². The van der Waals surface area contributed by atoms with Crippen LogP contribution in [0.2, 0.25) is 0 Å². The molecule has 2 rings (SSSR count). The van der Waals surface area contributed by atoms with E-state index in [2.05, 4.69) is 10.9 Å². The maximum Gasteiger partial charge on any atom is 0.146 e. The first kappa shape index (κ1) is 6.50. The molecule has 0 aromatic heterocycles. The van der Waals surface area contributed by atoms with Crippen LogP contribution in [-0.4, -0.2) is 18.1 Å². The van der Waals surface area contributed by atoms with Gasteiger partial charge in [-0.2, -0.15) is 0 Å². The summed E-state index contributed by atoms with van der Waals surface area (Å²) in [6.45, 7) is 0. The summed E-state index contributed by atoms with van der Waals surface area (Å²) in [7, 11) is 0. The second kappa shape index (κ2) is 2.14. The quantitative estimate of drug-likeness (QED) is 0.502. The van der Waals surface area contributed by atoms with Crippen LogP contribution >= 0.6 is 0 Å². The zero-order valence-corrected chi connectivity index (χ0v) is 5.59. The molecule has 2 unspecified atom stereocenters. The molecule has 2 atom stereocenters. The van der Waals surface area contributed by atoms with E-state index in [0.29, 0.717) is 5.57 Å². The van der Waals surface area contributed by atoms with Gasteiger partial charge in [0.05, 0.1) is 0 Å². The molecule has 2 aliphatic rings. The highest BCUT2D eigenvalue weighted by Gasteiger charge is 2.28. The summed E-state index contributed by atoms with van der Waals surface area (Å²) in [4.78, 5) is 3.66. The van der Waals surface area contributed by atoms with Crippen LogP contribution in [0.5, 0.6) is 0 Å². The second-order valence-electron chi connectivity index (χ2n) is 2.45. The fourth-order valence-electron chi connectivity index (χ4n) is 1.17. The molecule has 1 aliphatic carbocycles. The summed E-state index contributed by atoms with van der Waals surface area (Å²) < 4.78 is 25.7. The van der Waals surface area contributed by atoms with Crippen LogP contribution in [0.4, 0.5) is 8.78 Å². The molecule has 0 bridgehead atoms. The van der Waals surface area contributed by atoms with Crippen LogP contribution in [0.3, 0.4) is 0 Å². The summed E-state index contributed by atoms with van der Waals surface area (Å²) in [5, 5.41) is 0. The average Bonchev–Trinajstić information content (AvgIpc) is 2.45. The minimum absolute atomic E-state index is 0.306. The Kier molecular flexibility index (Phi) is 1.26. The molecule has 1 aliphatic heterocycles. The monoisotopic (exact) mass is 153 g/mol. The van der Waals surface area contributed by atoms with E-state index in [1.807, 2.05) is 0 Å². The van der Waals surface area contributed by atoms with Crippen molar-refractivity contribution >= 4 is 5.87 Å². The predicted molar refractivity (Wildman–Crippen MR) is 38.0 cm³/mol. The van der Waals surface area contributed by atoms with E-state index in [-0.39, 0.29) is 0 Å². The first-order chi connectivity index (χ1) is 5.29. The molecule has 0 amide bonds. The highest BCUT2D eigenvalue weighted by molar-refractivity contribution is 5.66. The summed E-state index contributed by atoms with van der Waals surface area (Å²) in [5.74, 6) is 2.04. The molecule has 0 aromatic carbocycles. The van der Waals surface area contributed by atoms with E-state index in [9.17, 15) is 8.78 Å². The molecular formula is C8H5F2N. The summed E-state index contributed by atoms with van der Waals surface area (Å²) >= 11 is 0. The largest absolute Gasteiger partial charge is 0.240 e. The van der Waals surface area contributed by atoms with Crippen LogP contribution in [-0.2, 0) is 0 Å². The summed E-state index contributed by atoms with van der Waals surface area (Å²) in [5.41, 5.74) is 0.306. The van der Waals surface area contributed by atoms with Crippen molar-refractivity contribution in [2.24, 2.45) is 4.99 Å². The third-order valence-corrected chi connectivity index (χ3v) is 1.76. The Labute approximate surface area is 62.4 Å². The van der Waals surface area contributed by atoms with Crippen molar-refractivity contribution in [2.75, 3.05) is 0 Å². The molecule has 0 radical (unpaired) electrons. The van der Waals surface area contributed by atoms with Gasteiger partial charge in [0.25, 0.3) is 0 Å². The van der Waals surface area contributed by atoms with Gasteiger partial charge in [-0.15, -0.1) is 0 Å². The molecule has 56 valence electrons. The molecule has 0 saturated carbocycles. The summed E-state index contributed by atoms with van der Waals surface area (Å²) in [6, 6.07) is -0.681. The summed E-state index contributed by atoms with van der Waals surface area (Å²) in [6.07, 6.45) is 2.50. The van der Waals surface area contributed by atoms with Gasteiger partial charge in [0.2, 0.25) is 0 Å². The number of fused-ring (bicyclic) bond motifs is 1. The standard InChI is InChI=1S/C8H5F2N/c9-6-1-2-7(10)8-5(6)3-4-11-8/h1-3,7-8H. The van der Waals surface area contributed by atoms with Gasteiger partial charge in [-0.25, -0.2) is 13.8 Å². The Morgan fingerprint density at radius 1 is 1.55 bits per heavy atom. The minimum Gasteiger partial charge on any atom is -0.240 e. The van der Waals surface area contributed by atoms with Gasteiger partial charge in [0, 0.05) is 11.6 Å². The highest BCUT2D eigenvalue weighted by atomic mass is 19.1. The van der Waals surface area contributed by atoms with Crippen molar-refractivity contribution in [2.45, 2.75) is 12.2 Å². The lowest BCUT2D eigenvalue weighted by molar-refractivity contribution is 0.360. The Bertz CT molecular complexity index is 308. The van der Waals surface area contributed by atoms with E-state index in [1.54, 1.807) is 0 Å². The predicted octanol–water partition coefficient (Wildman–Crippen LogP) is 1.73. The maximum atomic E-state index is 12.9. The Balaban J connectivity index is 2.45. The number of aliphatic imine (C=N–C) groups is 1. The number of halogens is 2. The van der Waals surface area contributed by atoms with Crippen molar-refractivity contribution in [3.8, 4) is 0 Å². The van der Waals surface area contributed by atoms with Crippen molar-refractivity contribution < 1.29 is 8.78 Å². The topological polar surface area (TPSA) is 12.4 Å². The molecule has 1 heterocycles. The van der Waals surface area contributed by atoms with E-state index in [4.69, 9.17) is 0 Å². The number of hydrogen-bond donors (Lipinski definition) is 0. The highest BCUT2D eigenvalue weighted by Crippen LogP contribution is 2.27. The molecule has 1 nitrogen and oxygen atoms in total. The first-order valence-electron chi connectivity index (χ1n) is 3.29. The van der Waals surface area contributed by atoms with Gasteiger partial charge in [-0.05, 0) is 18.0 Å². The second-order valence-corrected chi connectivity index (χ2v) is 2.45. The molecule has 0 fully saturated rings. The molecule has 11 heavy (non-hydrogen) atoms. The number of nitrogens with zero attached hydrogens (tertiary/aromatic N) is 1. The number of allylic oxidation sites excluding steroid dienone is 2. The smallest absolute Gasteiger partial charge is 0.146 e. The number of hydrogen-bond acceptors (Lipinski definition) is 1. The Morgan fingerprint density at radius 3 is 3.09 bits per heavy atom. The van der Waals surface area contributed by atoms with Crippen molar-refractivity contribution in [1.29, 1.82) is 0 Å². The van der Waals surface area contributed by atoms with E-state index < -0.39 is 18.0 Å². The lowest BCUT2D eigenvalue weighted by Crippen LogP contribution is -2.20. The van der Waals surface area contributed by atoms with Gasteiger partial charge in [-0.1, -0.05) is 0 Å². The SMILES string of the molecule is FC1=C2C=C=NC2C(F)C=C1. The zero-order valence-electron chi connectivity index (χ0n) is 5.59. The molecule has 0 aromatic rings. The fraction of sp³-hybridized carbons (Fsp3) is 0.250. The van der Waals surface area contributed by atoms with Crippen molar-refractivity contribution in [1.82, 2.24) is 0 Å². The van der Waals surface area contributed by atoms with Gasteiger partial charge in [0.15, 0.2) is 0 Å². The lowest BCUT2D eigenvalue weighted by atomic mass is 9.99. The normalized spacial score (nSPS) is 33.3. The molecule has 0 spiro atoms. The fourth-order valence-corrected chi connectivity index (χ4v) is 1.17. The molecular weight excluding hydrogens is 148 g/mol. The minimum atomic E-state index is -1.20. The van der Waals surface area contributed by atoms with Crippen LogP contribution < -0.4 is 0 Å². The molecule has 0 saturated heterocycles. The zero-order chi connectivity index (χ0) is 7.84. The van der Waals surface area contributed by atoms with Crippen LogP contribution in [0, 0.1) is 0 Å². The van der Waals surface area contributed by atoms with E-state index in [0.717, 1.165) is 6.08 Å². The third-order valence-electron chi connectivity index (χ3n) is 1.76. The molecule has 3 heteroatoms. The van der Waals surface area contributed by atoms with E-state index in [1.165, 1.54) is 12.2 Å². The average molecular weight is 153 g/mol. The molecule has 0 N–H and O–H groups in total. The Morgan fingerprint density at radius 2 is 2.36 bits per heavy atom. The number of alkyl halides is 1. The van der Waals surface area contributed by atoms with Crippen molar-refractivity contribution in [3.05, 3.63) is 29.6 Å². The van der Waals surface area contributed by atoms with Gasteiger partial charge < -0.3 is 0 Å². The van der Waals surface area contributed by atoms with Crippen LogP contribution in [0.25, 0.3) is 0 Å². The first-order valence-corrected chi connectivity index (χ1v) is 3.29. The van der Waals surface area contributed by atoms with Crippen molar-refractivity contribution in [3.63, 3.8) is 0 Å². The lowest BCUT2D eigenvalue weighted by Gasteiger charge is -2.15. The Hall–Kier alpha value is -1.21. The van der Waals surface area contributed by atoms with Gasteiger partial charge >= 0.3 is 0 Å². The van der Waals surface area contributed by atoms with E-state index >= 15 is 0 Å². The number of rotatable bonds is 0. The van der Waals surface area contributed by atoms with Gasteiger partial charge in [0.1, 0.15) is 18.0 Å². The van der Waals surface area contributed by atoms with Gasteiger partial charge in [-0.3, -0.25) is 0 Å². The third kappa shape index (κ3) is 0.854. The van der Waals surface area contributed by atoms with Crippen LogP contribution in [0.1, 0.15) is 0 Å². The maximum absolute atomic E-state index is 12.9.